The summed E-state index contributed by atoms with van der Waals surface area (Å²) in [4.78, 5) is 0. The van der Waals surface area contributed by atoms with Gasteiger partial charge in [0.05, 0.1) is 10.4 Å². The second kappa shape index (κ2) is 4.70. The van der Waals surface area contributed by atoms with Gasteiger partial charge in [-0.2, -0.15) is 0 Å². The Morgan fingerprint density at radius 1 is 1.43 bits per heavy atom. The Kier molecular flexibility index (Phi) is 3.83. The molecule has 0 aliphatic rings. The predicted octanol–water partition coefficient (Wildman–Crippen LogP) is 2.46. The van der Waals surface area contributed by atoms with E-state index < -0.39 is 12.3 Å². The molecule has 0 heterocycles. The van der Waals surface area contributed by atoms with Crippen LogP contribution >= 0.6 is 15.9 Å². The van der Waals surface area contributed by atoms with Crippen molar-refractivity contribution in [2.75, 3.05) is 6.54 Å². The molecule has 78 valence electrons. The van der Waals surface area contributed by atoms with E-state index in [1.54, 1.807) is 12.1 Å². The molecule has 0 saturated carbocycles. The van der Waals surface area contributed by atoms with Crippen molar-refractivity contribution in [3.63, 3.8) is 0 Å². The van der Waals surface area contributed by atoms with Gasteiger partial charge in [0, 0.05) is 12.1 Å². The number of para-hydroxylation sites is 1. The zero-order valence-electron chi connectivity index (χ0n) is 7.25. The lowest BCUT2D eigenvalue weighted by Crippen LogP contribution is -2.19. The van der Waals surface area contributed by atoms with E-state index in [1.165, 1.54) is 6.07 Å². The molecule has 1 unspecified atom stereocenters. The maximum Gasteiger partial charge on any atom is 0.246 e. The van der Waals surface area contributed by atoms with Crippen molar-refractivity contribution < 1.29 is 13.9 Å². The van der Waals surface area contributed by atoms with E-state index in [9.17, 15) is 13.9 Å². The van der Waals surface area contributed by atoms with Crippen LogP contribution in [-0.4, -0.2) is 18.1 Å². The van der Waals surface area contributed by atoms with Crippen LogP contribution in [0.2, 0.25) is 0 Å². The summed E-state index contributed by atoms with van der Waals surface area (Å²) in [6.45, 7) is -0.193. The van der Waals surface area contributed by atoms with Gasteiger partial charge >= 0.3 is 0 Å². The highest BCUT2D eigenvalue weighted by Crippen LogP contribution is 2.34. The Hall–Kier alpha value is -0.680. The highest BCUT2D eigenvalue weighted by molar-refractivity contribution is 9.10. The summed E-state index contributed by atoms with van der Waals surface area (Å²) < 4.78 is 25.4. The third kappa shape index (κ3) is 2.22. The van der Waals surface area contributed by atoms with E-state index in [-0.39, 0.29) is 17.9 Å². The average molecular weight is 266 g/mol. The molecule has 1 aromatic rings. The molecular formula is C9H10BrF2NO. The van der Waals surface area contributed by atoms with Crippen LogP contribution in [0.25, 0.3) is 0 Å². The van der Waals surface area contributed by atoms with Gasteiger partial charge in [0.25, 0.3) is 0 Å². The van der Waals surface area contributed by atoms with Crippen LogP contribution in [0.3, 0.4) is 0 Å². The van der Waals surface area contributed by atoms with Gasteiger partial charge in [-0.25, -0.2) is 8.78 Å². The molecule has 14 heavy (non-hydrogen) atoms. The number of aromatic hydroxyl groups is 1. The summed E-state index contributed by atoms with van der Waals surface area (Å²) in [7, 11) is 0. The third-order valence-corrected chi connectivity index (χ3v) is 2.62. The topological polar surface area (TPSA) is 46.2 Å². The highest BCUT2D eigenvalue weighted by atomic mass is 79.9. The molecule has 1 atom stereocenters. The number of alkyl halides is 2. The van der Waals surface area contributed by atoms with Gasteiger partial charge in [-0.15, -0.1) is 0 Å². The Bertz CT molecular complexity index is 320. The quantitative estimate of drug-likeness (QED) is 0.882. The smallest absolute Gasteiger partial charge is 0.246 e. The van der Waals surface area contributed by atoms with Crippen LogP contribution in [0.4, 0.5) is 8.78 Å². The van der Waals surface area contributed by atoms with Crippen molar-refractivity contribution in [1.29, 1.82) is 0 Å². The Balaban J connectivity index is 3.10. The van der Waals surface area contributed by atoms with Crippen molar-refractivity contribution >= 4 is 15.9 Å². The zero-order chi connectivity index (χ0) is 10.7. The van der Waals surface area contributed by atoms with Crippen molar-refractivity contribution in [3.8, 4) is 5.75 Å². The molecule has 0 fully saturated rings. The number of phenolic OH excluding ortho intramolecular Hbond substituents is 1. The van der Waals surface area contributed by atoms with Gasteiger partial charge < -0.3 is 10.8 Å². The van der Waals surface area contributed by atoms with Crippen molar-refractivity contribution in [2.24, 2.45) is 5.73 Å². The number of nitrogens with two attached hydrogens (primary N) is 1. The minimum absolute atomic E-state index is 0.164. The number of benzene rings is 1. The first kappa shape index (κ1) is 11.4. The fourth-order valence-electron chi connectivity index (χ4n) is 1.20. The molecule has 1 aromatic carbocycles. The second-order valence-electron chi connectivity index (χ2n) is 2.85. The number of halogens is 3. The first-order chi connectivity index (χ1) is 6.57. The lowest BCUT2D eigenvalue weighted by atomic mass is 9.99. The Morgan fingerprint density at radius 3 is 2.57 bits per heavy atom. The van der Waals surface area contributed by atoms with Gasteiger partial charge in [0.2, 0.25) is 6.43 Å². The maximum atomic E-state index is 12.5. The van der Waals surface area contributed by atoms with Crippen molar-refractivity contribution in [3.05, 3.63) is 28.2 Å². The van der Waals surface area contributed by atoms with Crippen LogP contribution in [0, 0.1) is 0 Å². The molecule has 0 amide bonds. The van der Waals surface area contributed by atoms with Gasteiger partial charge in [0.15, 0.2) is 0 Å². The molecule has 0 aliphatic carbocycles. The molecule has 0 radical (unpaired) electrons. The average Bonchev–Trinajstić information content (AvgIpc) is 2.13. The fourth-order valence-corrected chi connectivity index (χ4v) is 1.58. The van der Waals surface area contributed by atoms with Gasteiger partial charge in [-0.3, -0.25) is 0 Å². The monoisotopic (exact) mass is 265 g/mol. The molecule has 0 aromatic heterocycles. The van der Waals surface area contributed by atoms with E-state index in [4.69, 9.17) is 5.73 Å². The molecular weight excluding hydrogens is 256 g/mol. The lowest BCUT2D eigenvalue weighted by Gasteiger charge is -2.15. The minimum Gasteiger partial charge on any atom is -0.506 e. The summed E-state index contributed by atoms with van der Waals surface area (Å²) in [5.41, 5.74) is 5.40. The van der Waals surface area contributed by atoms with Crippen LogP contribution in [-0.2, 0) is 0 Å². The normalized spacial score (nSPS) is 13.2. The zero-order valence-corrected chi connectivity index (χ0v) is 8.84. The summed E-state index contributed by atoms with van der Waals surface area (Å²) in [5, 5.41) is 9.51. The number of hydrogen-bond acceptors (Lipinski definition) is 2. The Morgan fingerprint density at radius 2 is 2.07 bits per heavy atom. The summed E-state index contributed by atoms with van der Waals surface area (Å²) in [5.74, 6) is -1.28. The van der Waals surface area contributed by atoms with E-state index in [0.29, 0.717) is 4.47 Å². The number of hydrogen-bond donors (Lipinski definition) is 2. The molecule has 2 nitrogen and oxygen atoms in total. The predicted molar refractivity (Wildman–Crippen MR) is 53.6 cm³/mol. The fraction of sp³-hybridized carbons (Fsp3) is 0.333. The van der Waals surface area contributed by atoms with Crippen LogP contribution in [0.5, 0.6) is 5.75 Å². The second-order valence-corrected chi connectivity index (χ2v) is 3.71. The Labute approximate surface area is 88.9 Å². The van der Waals surface area contributed by atoms with Crippen molar-refractivity contribution in [2.45, 2.75) is 12.3 Å². The standard InChI is InChI=1S/C9H10BrF2NO/c10-7-3-1-2-5(8(7)14)6(4-13)9(11)12/h1-3,6,9,14H,4,13H2. The summed E-state index contributed by atoms with van der Waals surface area (Å²) in [6, 6.07) is 4.62. The van der Waals surface area contributed by atoms with Gasteiger partial charge in [-0.1, -0.05) is 12.1 Å². The largest absolute Gasteiger partial charge is 0.506 e. The molecule has 1 rings (SSSR count). The van der Waals surface area contributed by atoms with Gasteiger partial charge in [0.1, 0.15) is 5.75 Å². The van der Waals surface area contributed by atoms with E-state index in [2.05, 4.69) is 15.9 Å². The summed E-state index contributed by atoms with van der Waals surface area (Å²) >= 11 is 3.06. The highest BCUT2D eigenvalue weighted by Gasteiger charge is 2.24. The molecule has 0 saturated heterocycles. The van der Waals surface area contributed by atoms with Gasteiger partial charge in [-0.05, 0) is 22.0 Å². The van der Waals surface area contributed by atoms with E-state index >= 15 is 0 Å². The maximum absolute atomic E-state index is 12.5. The van der Waals surface area contributed by atoms with Crippen LogP contribution < -0.4 is 5.73 Å². The summed E-state index contributed by atoms with van der Waals surface area (Å²) in [6.07, 6.45) is -2.57. The molecule has 0 bridgehead atoms. The first-order valence-electron chi connectivity index (χ1n) is 4.03. The molecule has 0 aliphatic heterocycles. The minimum atomic E-state index is -2.57. The molecule has 0 spiro atoms. The SMILES string of the molecule is NCC(c1cccc(Br)c1O)C(F)F. The number of rotatable bonds is 3. The van der Waals surface area contributed by atoms with E-state index in [0.717, 1.165) is 0 Å². The third-order valence-electron chi connectivity index (χ3n) is 1.98. The number of phenols is 1. The van der Waals surface area contributed by atoms with E-state index in [1.807, 2.05) is 0 Å². The first-order valence-corrected chi connectivity index (χ1v) is 4.82. The lowest BCUT2D eigenvalue weighted by molar-refractivity contribution is 0.116. The van der Waals surface area contributed by atoms with Crippen LogP contribution in [0.15, 0.2) is 22.7 Å². The molecule has 3 N–H and O–H groups in total. The van der Waals surface area contributed by atoms with Crippen molar-refractivity contribution in [1.82, 2.24) is 0 Å². The van der Waals surface area contributed by atoms with Crippen LogP contribution in [0.1, 0.15) is 11.5 Å². The molecule has 5 heteroatoms.